The van der Waals surface area contributed by atoms with Gasteiger partial charge in [-0.15, -0.1) is 0 Å². The first kappa shape index (κ1) is 16.5. The number of piperidine rings is 1. The molecule has 1 aromatic carbocycles. The van der Waals surface area contributed by atoms with Crippen molar-refractivity contribution in [2.24, 2.45) is 5.92 Å². The quantitative estimate of drug-likeness (QED) is 0.760. The molecule has 6 heteroatoms. The van der Waals surface area contributed by atoms with E-state index >= 15 is 0 Å². The maximum absolute atomic E-state index is 11.0. The van der Waals surface area contributed by atoms with E-state index < -0.39 is 10.1 Å². The second-order valence-electron chi connectivity index (χ2n) is 6.40. The Hall–Kier alpha value is -1.37. The summed E-state index contributed by atoms with van der Waals surface area (Å²) in [5.41, 5.74) is 0. The zero-order chi connectivity index (χ0) is 16.3. The highest BCUT2D eigenvalue weighted by molar-refractivity contribution is 7.85. The van der Waals surface area contributed by atoms with Crippen LogP contribution >= 0.6 is 0 Å². The molecule has 0 atom stereocenters. The van der Waals surface area contributed by atoms with Gasteiger partial charge in [0.1, 0.15) is 0 Å². The Kier molecular flexibility index (Phi) is 5.04. The van der Waals surface area contributed by atoms with E-state index in [2.05, 4.69) is 46.1 Å². The van der Waals surface area contributed by atoms with Crippen LogP contribution in [0.1, 0.15) is 12.8 Å². The highest BCUT2D eigenvalue weighted by atomic mass is 32.2. The minimum atomic E-state index is -3.32. The van der Waals surface area contributed by atoms with Crippen molar-refractivity contribution in [1.82, 2.24) is 9.47 Å². The van der Waals surface area contributed by atoms with Crippen LogP contribution < -0.4 is 0 Å². The average molecular weight is 336 g/mol. The monoisotopic (exact) mass is 336 g/mol. The molecule has 2 aromatic rings. The van der Waals surface area contributed by atoms with Crippen molar-refractivity contribution in [3.63, 3.8) is 0 Å². The summed E-state index contributed by atoms with van der Waals surface area (Å²) >= 11 is 0. The van der Waals surface area contributed by atoms with E-state index in [9.17, 15) is 8.42 Å². The van der Waals surface area contributed by atoms with Crippen molar-refractivity contribution in [3.8, 4) is 0 Å². The summed E-state index contributed by atoms with van der Waals surface area (Å²) in [6.07, 6.45) is 7.84. The lowest BCUT2D eigenvalue weighted by atomic mass is 9.97. The van der Waals surface area contributed by atoms with E-state index in [1.807, 2.05) is 0 Å². The molecule has 0 aliphatic carbocycles. The Bertz CT molecular complexity index is 713. The topological polar surface area (TPSA) is 51.5 Å². The third-order valence-corrected chi connectivity index (χ3v) is 5.08. The highest BCUT2D eigenvalue weighted by Gasteiger charge is 2.19. The summed E-state index contributed by atoms with van der Waals surface area (Å²) in [6.45, 7) is 4.03. The Morgan fingerprint density at radius 3 is 2.30 bits per heavy atom. The molecule has 1 aliphatic rings. The number of fused-ring (bicyclic) bond motifs is 1. The Morgan fingerprint density at radius 2 is 1.74 bits per heavy atom. The van der Waals surface area contributed by atoms with Gasteiger partial charge in [0.25, 0.3) is 10.1 Å². The number of nitrogens with zero attached hydrogens (tertiary/aromatic N) is 2. The fourth-order valence-electron chi connectivity index (χ4n) is 3.25. The summed E-state index contributed by atoms with van der Waals surface area (Å²) < 4.78 is 29.0. The van der Waals surface area contributed by atoms with Gasteiger partial charge >= 0.3 is 0 Å². The third kappa shape index (κ3) is 4.80. The molecule has 2 heterocycles. The van der Waals surface area contributed by atoms with E-state index in [-0.39, 0.29) is 6.61 Å². The van der Waals surface area contributed by atoms with Crippen LogP contribution in [-0.4, -0.2) is 50.4 Å². The molecule has 23 heavy (non-hydrogen) atoms. The van der Waals surface area contributed by atoms with E-state index in [4.69, 9.17) is 4.18 Å². The second-order valence-corrected chi connectivity index (χ2v) is 8.04. The molecular formula is C17H24N2O3S. The molecule has 0 N–H and O–H groups in total. The fourth-order valence-corrected chi connectivity index (χ4v) is 3.63. The lowest BCUT2D eigenvalue weighted by molar-refractivity contribution is 0.150. The van der Waals surface area contributed by atoms with Crippen LogP contribution in [0.2, 0.25) is 0 Å². The van der Waals surface area contributed by atoms with Crippen LogP contribution in [-0.2, 0) is 20.8 Å². The average Bonchev–Trinajstić information content (AvgIpc) is 2.90. The van der Waals surface area contributed by atoms with Gasteiger partial charge in [-0.3, -0.25) is 4.18 Å². The van der Waals surface area contributed by atoms with Crippen molar-refractivity contribution in [2.75, 3.05) is 32.5 Å². The Morgan fingerprint density at radius 1 is 1.13 bits per heavy atom. The van der Waals surface area contributed by atoms with Gasteiger partial charge in [-0.25, -0.2) is 0 Å². The Balaban J connectivity index is 1.45. The van der Waals surface area contributed by atoms with Gasteiger partial charge in [0, 0.05) is 25.5 Å². The van der Waals surface area contributed by atoms with Gasteiger partial charge < -0.3 is 9.47 Å². The number of benzene rings is 1. The Labute approximate surface area is 138 Å². The minimum absolute atomic E-state index is 0.256. The molecule has 0 saturated carbocycles. The van der Waals surface area contributed by atoms with E-state index in [0.29, 0.717) is 12.5 Å². The molecule has 5 nitrogen and oxygen atoms in total. The number of likely N-dealkylation sites (tertiary alicyclic amines) is 1. The molecule has 0 spiro atoms. The first-order chi connectivity index (χ1) is 11.0. The first-order valence-electron chi connectivity index (χ1n) is 8.11. The maximum Gasteiger partial charge on any atom is 0.264 e. The van der Waals surface area contributed by atoms with Gasteiger partial charge in [-0.1, -0.05) is 24.3 Å². The van der Waals surface area contributed by atoms with E-state index in [1.165, 1.54) is 10.8 Å². The van der Waals surface area contributed by atoms with Crippen LogP contribution in [0.5, 0.6) is 0 Å². The SMILES string of the molecule is CS(=O)(=O)OCCN1CCC(Cn2cc3ccccc3c2)CC1. The summed E-state index contributed by atoms with van der Waals surface area (Å²) in [5.74, 6) is 0.684. The van der Waals surface area contributed by atoms with E-state index in [0.717, 1.165) is 38.7 Å². The fraction of sp³-hybridized carbons (Fsp3) is 0.529. The summed E-state index contributed by atoms with van der Waals surface area (Å²) in [4.78, 5) is 2.29. The first-order valence-corrected chi connectivity index (χ1v) is 9.92. The van der Waals surface area contributed by atoms with Crippen molar-refractivity contribution in [1.29, 1.82) is 0 Å². The highest BCUT2D eigenvalue weighted by Crippen LogP contribution is 2.21. The molecule has 1 saturated heterocycles. The minimum Gasteiger partial charge on any atom is -0.353 e. The number of hydrogen-bond donors (Lipinski definition) is 0. The molecule has 0 amide bonds. The number of rotatable bonds is 6. The maximum atomic E-state index is 11.0. The summed E-state index contributed by atoms with van der Waals surface area (Å²) in [6, 6.07) is 8.44. The molecule has 1 fully saturated rings. The lowest BCUT2D eigenvalue weighted by Gasteiger charge is -2.31. The number of hydrogen-bond acceptors (Lipinski definition) is 4. The molecule has 0 unspecified atom stereocenters. The largest absolute Gasteiger partial charge is 0.353 e. The van der Waals surface area contributed by atoms with Gasteiger partial charge in [0.05, 0.1) is 12.9 Å². The standard InChI is InChI=1S/C17H24N2O3S/c1-23(20,21)22-11-10-18-8-6-15(7-9-18)12-19-13-16-4-2-3-5-17(16)14-19/h2-5,13-15H,6-12H2,1H3. The van der Waals surface area contributed by atoms with Crippen LogP contribution in [0, 0.1) is 5.92 Å². The summed E-state index contributed by atoms with van der Waals surface area (Å²) in [7, 11) is -3.32. The van der Waals surface area contributed by atoms with Crippen LogP contribution in [0.15, 0.2) is 36.7 Å². The normalized spacial score (nSPS) is 17.8. The predicted octanol–water partition coefficient (Wildman–Crippen LogP) is 2.33. The number of aromatic nitrogens is 1. The van der Waals surface area contributed by atoms with Crippen molar-refractivity contribution in [2.45, 2.75) is 19.4 Å². The molecule has 0 bridgehead atoms. The zero-order valence-corrected chi connectivity index (χ0v) is 14.3. The van der Waals surface area contributed by atoms with Crippen LogP contribution in [0.25, 0.3) is 10.8 Å². The third-order valence-electron chi connectivity index (χ3n) is 4.49. The smallest absolute Gasteiger partial charge is 0.264 e. The molecule has 1 aromatic heterocycles. The lowest BCUT2D eigenvalue weighted by Crippen LogP contribution is -2.37. The predicted molar refractivity (Wildman–Crippen MR) is 91.9 cm³/mol. The molecule has 0 radical (unpaired) electrons. The van der Waals surface area contributed by atoms with Crippen molar-refractivity contribution in [3.05, 3.63) is 36.7 Å². The zero-order valence-electron chi connectivity index (χ0n) is 13.5. The van der Waals surface area contributed by atoms with Crippen molar-refractivity contribution < 1.29 is 12.6 Å². The van der Waals surface area contributed by atoms with Gasteiger partial charge in [-0.2, -0.15) is 8.42 Å². The van der Waals surface area contributed by atoms with Crippen LogP contribution in [0.4, 0.5) is 0 Å². The van der Waals surface area contributed by atoms with Gasteiger partial charge in [0.2, 0.25) is 0 Å². The molecule has 1 aliphatic heterocycles. The van der Waals surface area contributed by atoms with Crippen LogP contribution in [0.3, 0.4) is 0 Å². The van der Waals surface area contributed by atoms with Gasteiger partial charge in [-0.05, 0) is 42.6 Å². The second kappa shape index (κ2) is 7.03. The van der Waals surface area contributed by atoms with Crippen molar-refractivity contribution >= 4 is 20.9 Å². The summed E-state index contributed by atoms with van der Waals surface area (Å²) in [5, 5.41) is 2.59. The van der Waals surface area contributed by atoms with Gasteiger partial charge in [0.15, 0.2) is 0 Å². The molecular weight excluding hydrogens is 312 g/mol. The molecule has 3 rings (SSSR count). The molecule has 126 valence electrons. The van der Waals surface area contributed by atoms with E-state index in [1.54, 1.807) is 0 Å².